The summed E-state index contributed by atoms with van der Waals surface area (Å²) >= 11 is 6.12. The number of carbonyl (C=O) groups is 2. The summed E-state index contributed by atoms with van der Waals surface area (Å²) in [6.45, 7) is 1.21. The molecule has 0 aliphatic heterocycles. The molecule has 0 unspecified atom stereocenters. The van der Waals surface area contributed by atoms with Crippen LogP contribution in [0.15, 0.2) is 47.0 Å². The predicted octanol–water partition coefficient (Wildman–Crippen LogP) is 4.80. The normalized spacial score (nSPS) is 10.6. The molecule has 0 aliphatic rings. The molecule has 2 amide bonds. The molecule has 0 spiro atoms. The second-order valence-electron chi connectivity index (χ2n) is 6.14. The Morgan fingerprint density at radius 1 is 1.10 bits per heavy atom. The van der Waals surface area contributed by atoms with E-state index in [2.05, 4.69) is 15.6 Å². The van der Waals surface area contributed by atoms with Gasteiger partial charge in [-0.1, -0.05) is 23.7 Å². The van der Waals surface area contributed by atoms with E-state index in [1.807, 2.05) is 6.07 Å². The maximum absolute atomic E-state index is 13.5. The Bertz CT molecular complexity index is 1070. The highest BCUT2D eigenvalue weighted by atomic mass is 35.5. The fourth-order valence-electron chi connectivity index (χ4n) is 2.59. The maximum Gasteiger partial charge on any atom is 0.224 e. The van der Waals surface area contributed by atoms with E-state index in [4.69, 9.17) is 16.0 Å². The number of halogens is 3. The first-order valence-electron chi connectivity index (χ1n) is 8.59. The van der Waals surface area contributed by atoms with Crippen LogP contribution in [-0.2, 0) is 16.0 Å². The van der Waals surface area contributed by atoms with Crippen LogP contribution in [0.1, 0.15) is 19.2 Å². The first-order chi connectivity index (χ1) is 13.8. The summed E-state index contributed by atoms with van der Waals surface area (Å²) in [6.07, 6.45) is 1.66. The first kappa shape index (κ1) is 20.5. The largest absolute Gasteiger partial charge is 0.441 e. The van der Waals surface area contributed by atoms with Crippen LogP contribution in [0.25, 0.3) is 11.3 Å². The van der Waals surface area contributed by atoms with Crippen LogP contribution in [0.2, 0.25) is 5.02 Å². The highest BCUT2D eigenvalue weighted by molar-refractivity contribution is 6.33. The van der Waals surface area contributed by atoms with Crippen LogP contribution in [0.4, 0.5) is 20.2 Å². The lowest BCUT2D eigenvalue weighted by atomic mass is 10.2. The zero-order chi connectivity index (χ0) is 21.0. The summed E-state index contributed by atoms with van der Waals surface area (Å²) < 4.78 is 32.6. The third kappa shape index (κ3) is 5.17. The number of hydrogen-bond donors (Lipinski definition) is 2. The lowest BCUT2D eigenvalue weighted by Crippen LogP contribution is -2.16. The number of rotatable bonds is 6. The van der Waals surface area contributed by atoms with Crippen LogP contribution < -0.4 is 10.6 Å². The quantitative estimate of drug-likeness (QED) is 0.601. The molecule has 0 saturated carbocycles. The van der Waals surface area contributed by atoms with Crippen molar-refractivity contribution in [2.75, 3.05) is 10.6 Å². The molecule has 3 aromatic rings. The summed E-state index contributed by atoms with van der Waals surface area (Å²) in [5, 5.41) is 5.31. The number of amides is 2. The van der Waals surface area contributed by atoms with Crippen LogP contribution in [0.5, 0.6) is 0 Å². The summed E-state index contributed by atoms with van der Waals surface area (Å²) in [5.74, 6) is -2.47. The van der Waals surface area contributed by atoms with Crippen molar-refractivity contribution in [1.29, 1.82) is 0 Å². The van der Waals surface area contributed by atoms with Gasteiger partial charge in [0.25, 0.3) is 0 Å². The van der Waals surface area contributed by atoms with Crippen molar-refractivity contribution in [3.05, 3.63) is 65.1 Å². The van der Waals surface area contributed by atoms with Gasteiger partial charge in [0.15, 0.2) is 23.3 Å². The van der Waals surface area contributed by atoms with Gasteiger partial charge in [-0.2, -0.15) is 0 Å². The molecule has 150 valence electrons. The molecule has 0 bridgehead atoms. The molecule has 1 heterocycles. The second kappa shape index (κ2) is 8.83. The van der Waals surface area contributed by atoms with Gasteiger partial charge in [0.2, 0.25) is 11.8 Å². The smallest absolute Gasteiger partial charge is 0.224 e. The number of oxazole rings is 1. The fraction of sp³-hybridized carbons (Fsp3) is 0.150. The van der Waals surface area contributed by atoms with Gasteiger partial charge in [-0.05, 0) is 12.1 Å². The molecule has 3 rings (SSSR count). The minimum absolute atomic E-state index is 0.0268. The summed E-state index contributed by atoms with van der Waals surface area (Å²) in [6, 6.07) is 8.72. The van der Waals surface area contributed by atoms with E-state index in [-0.39, 0.29) is 24.2 Å². The van der Waals surface area contributed by atoms with Crippen molar-refractivity contribution in [2.24, 2.45) is 0 Å². The Balaban J connectivity index is 1.66. The van der Waals surface area contributed by atoms with Crippen molar-refractivity contribution in [1.82, 2.24) is 4.98 Å². The lowest BCUT2D eigenvalue weighted by Gasteiger charge is -2.12. The molecule has 0 radical (unpaired) electrons. The summed E-state index contributed by atoms with van der Waals surface area (Å²) in [7, 11) is 0. The third-order valence-corrected chi connectivity index (χ3v) is 4.23. The average Bonchev–Trinajstić information content (AvgIpc) is 3.13. The van der Waals surface area contributed by atoms with Gasteiger partial charge in [-0.15, -0.1) is 0 Å². The van der Waals surface area contributed by atoms with Gasteiger partial charge in [0.1, 0.15) is 0 Å². The Kier molecular flexibility index (Phi) is 6.23. The topological polar surface area (TPSA) is 84.2 Å². The highest BCUT2D eigenvalue weighted by Gasteiger charge is 2.15. The van der Waals surface area contributed by atoms with Crippen molar-refractivity contribution >= 4 is 34.8 Å². The van der Waals surface area contributed by atoms with Crippen LogP contribution in [0, 0.1) is 11.6 Å². The molecule has 6 nitrogen and oxygen atoms in total. The molecule has 0 saturated heterocycles. The Hall–Kier alpha value is -3.26. The standard InChI is InChI=1S/C20H16ClF2N3O3/c1-11(27)25-16-8-14(22)15(23)9-17(16)26-19(28)6-7-20-24-10-18(29-20)12-4-2-3-5-13(12)21/h2-5,8-10H,6-7H2,1H3,(H,25,27)(H,26,28). The van der Waals surface area contributed by atoms with E-state index >= 15 is 0 Å². The number of aromatic nitrogens is 1. The van der Waals surface area contributed by atoms with Crippen molar-refractivity contribution in [3.8, 4) is 11.3 Å². The molecule has 9 heteroatoms. The lowest BCUT2D eigenvalue weighted by molar-refractivity contribution is -0.116. The fourth-order valence-corrected chi connectivity index (χ4v) is 2.82. The van der Waals surface area contributed by atoms with E-state index in [0.717, 1.165) is 12.1 Å². The van der Waals surface area contributed by atoms with Gasteiger partial charge in [-0.25, -0.2) is 13.8 Å². The first-order valence-corrected chi connectivity index (χ1v) is 8.97. The van der Waals surface area contributed by atoms with Gasteiger partial charge in [-0.3, -0.25) is 9.59 Å². The molecule has 0 atom stereocenters. The zero-order valence-corrected chi connectivity index (χ0v) is 16.0. The maximum atomic E-state index is 13.5. The van der Waals surface area contributed by atoms with Gasteiger partial charge in [0.05, 0.1) is 22.6 Å². The van der Waals surface area contributed by atoms with Crippen LogP contribution in [0.3, 0.4) is 0 Å². The van der Waals surface area contributed by atoms with E-state index in [1.54, 1.807) is 18.2 Å². The molecule has 2 aromatic carbocycles. The number of anilines is 2. The zero-order valence-electron chi connectivity index (χ0n) is 15.3. The van der Waals surface area contributed by atoms with Crippen molar-refractivity contribution < 1.29 is 22.8 Å². The monoisotopic (exact) mass is 419 g/mol. The average molecular weight is 420 g/mol. The number of nitrogens with zero attached hydrogens (tertiary/aromatic N) is 1. The second-order valence-corrected chi connectivity index (χ2v) is 6.55. The van der Waals surface area contributed by atoms with E-state index in [1.165, 1.54) is 13.1 Å². The van der Waals surface area contributed by atoms with Crippen LogP contribution >= 0.6 is 11.6 Å². The molecule has 1 aromatic heterocycles. The Morgan fingerprint density at radius 2 is 1.76 bits per heavy atom. The van der Waals surface area contributed by atoms with Gasteiger partial charge < -0.3 is 15.1 Å². The Labute approximate surface area is 169 Å². The number of benzene rings is 2. The van der Waals surface area contributed by atoms with Crippen molar-refractivity contribution in [2.45, 2.75) is 19.8 Å². The van der Waals surface area contributed by atoms with Gasteiger partial charge >= 0.3 is 0 Å². The molecular formula is C20H16ClF2N3O3. The van der Waals surface area contributed by atoms with Crippen LogP contribution in [-0.4, -0.2) is 16.8 Å². The minimum Gasteiger partial charge on any atom is -0.441 e. The van der Waals surface area contributed by atoms with E-state index in [0.29, 0.717) is 22.2 Å². The molecular weight excluding hydrogens is 404 g/mol. The van der Waals surface area contributed by atoms with E-state index in [9.17, 15) is 18.4 Å². The van der Waals surface area contributed by atoms with E-state index < -0.39 is 23.4 Å². The van der Waals surface area contributed by atoms with Crippen molar-refractivity contribution in [3.63, 3.8) is 0 Å². The number of nitrogens with one attached hydrogen (secondary N) is 2. The summed E-state index contributed by atoms with van der Waals surface area (Å²) in [5.41, 5.74) is 0.592. The van der Waals surface area contributed by atoms with Gasteiger partial charge in [0, 0.05) is 37.5 Å². The Morgan fingerprint density at radius 3 is 2.41 bits per heavy atom. The molecule has 0 aliphatic carbocycles. The summed E-state index contributed by atoms with van der Waals surface area (Å²) in [4.78, 5) is 27.6. The molecule has 2 N–H and O–H groups in total. The molecule has 0 fully saturated rings. The number of carbonyl (C=O) groups excluding carboxylic acids is 2. The number of hydrogen-bond acceptors (Lipinski definition) is 4. The predicted molar refractivity (Wildman–Crippen MR) is 105 cm³/mol. The SMILES string of the molecule is CC(=O)Nc1cc(F)c(F)cc1NC(=O)CCc1ncc(-c2ccccc2Cl)o1. The number of aryl methyl sites for hydroxylation is 1. The molecule has 29 heavy (non-hydrogen) atoms. The minimum atomic E-state index is -1.15. The third-order valence-electron chi connectivity index (χ3n) is 3.90. The highest BCUT2D eigenvalue weighted by Crippen LogP contribution is 2.28.